The molecule has 6 heteroatoms. The summed E-state index contributed by atoms with van der Waals surface area (Å²) in [6.45, 7) is 4.26. The third kappa shape index (κ3) is 4.01. The summed E-state index contributed by atoms with van der Waals surface area (Å²) in [6.07, 6.45) is 1.33. The lowest BCUT2D eigenvalue weighted by Crippen LogP contribution is -2.53. The lowest BCUT2D eigenvalue weighted by molar-refractivity contribution is -0.151. The van der Waals surface area contributed by atoms with E-state index in [0.29, 0.717) is 18.5 Å². The van der Waals surface area contributed by atoms with Crippen molar-refractivity contribution in [1.82, 2.24) is 10.2 Å². The maximum absolute atomic E-state index is 13.1. The van der Waals surface area contributed by atoms with Crippen molar-refractivity contribution in [2.24, 2.45) is 5.92 Å². The first-order valence-corrected chi connectivity index (χ1v) is 9.60. The molecule has 0 unspecified atom stereocenters. The van der Waals surface area contributed by atoms with Gasteiger partial charge in [0.05, 0.1) is 7.11 Å². The molecule has 148 valence electrons. The minimum atomic E-state index is -0.704. The van der Waals surface area contributed by atoms with Crippen molar-refractivity contribution in [1.29, 1.82) is 0 Å². The third-order valence-electron chi connectivity index (χ3n) is 5.24. The van der Waals surface area contributed by atoms with Crippen molar-refractivity contribution in [3.63, 3.8) is 0 Å². The molecule has 0 radical (unpaired) electrons. The van der Waals surface area contributed by atoms with Crippen LogP contribution in [0.3, 0.4) is 0 Å². The van der Waals surface area contributed by atoms with Gasteiger partial charge in [-0.15, -0.1) is 0 Å². The maximum Gasteiger partial charge on any atom is 0.328 e. The third-order valence-corrected chi connectivity index (χ3v) is 5.24. The molecule has 2 aromatic rings. The number of carbonyl (C=O) groups is 3. The van der Waals surface area contributed by atoms with E-state index in [1.165, 1.54) is 12.0 Å². The van der Waals surface area contributed by atoms with Crippen molar-refractivity contribution in [2.75, 3.05) is 13.7 Å². The minimum absolute atomic E-state index is 0.115. The number of ether oxygens (including phenoxy) is 1. The Balaban J connectivity index is 1.79. The monoisotopic (exact) mass is 382 g/mol. The molecule has 2 atom stereocenters. The van der Waals surface area contributed by atoms with Crippen LogP contribution in [-0.4, -0.2) is 48.4 Å². The summed E-state index contributed by atoms with van der Waals surface area (Å²) in [5, 5.41) is 4.88. The number of carbonyl (C=O) groups excluding carboxylic acids is 3. The Morgan fingerprint density at radius 1 is 1.11 bits per heavy atom. The SMILES string of the molecule is COC(=O)[C@@H]1CCCN1C(=O)[C@@H](NC(=O)c1ccc2ccccc2c1)C(C)C. The minimum Gasteiger partial charge on any atom is -0.467 e. The van der Waals surface area contributed by atoms with Gasteiger partial charge in [-0.1, -0.05) is 44.2 Å². The highest BCUT2D eigenvalue weighted by Crippen LogP contribution is 2.22. The quantitative estimate of drug-likeness (QED) is 0.807. The second-order valence-corrected chi connectivity index (χ2v) is 7.47. The van der Waals surface area contributed by atoms with E-state index < -0.39 is 18.1 Å². The molecule has 0 saturated carbocycles. The number of methoxy groups -OCH3 is 1. The molecule has 1 aliphatic heterocycles. The van der Waals surface area contributed by atoms with Crippen molar-refractivity contribution in [2.45, 2.75) is 38.8 Å². The van der Waals surface area contributed by atoms with E-state index in [9.17, 15) is 14.4 Å². The van der Waals surface area contributed by atoms with E-state index in [-0.39, 0.29) is 17.7 Å². The van der Waals surface area contributed by atoms with E-state index >= 15 is 0 Å². The van der Waals surface area contributed by atoms with Crippen LogP contribution >= 0.6 is 0 Å². The number of amides is 2. The Bertz CT molecular complexity index is 893. The van der Waals surface area contributed by atoms with Crippen LogP contribution in [-0.2, 0) is 14.3 Å². The fraction of sp³-hybridized carbons (Fsp3) is 0.409. The lowest BCUT2D eigenvalue weighted by atomic mass is 10.0. The topological polar surface area (TPSA) is 75.7 Å². The first-order valence-electron chi connectivity index (χ1n) is 9.60. The number of esters is 1. The molecule has 0 bridgehead atoms. The van der Waals surface area contributed by atoms with Gasteiger partial charge in [0.25, 0.3) is 5.91 Å². The van der Waals surface area contributed by atoms with Crippen LogP contribution in [0, 0.1) is 5.92 Å². The molecule has 1 heterocycles. The average Bonchev–Trinajstić information content (AvgIpc) is 3.20. The highest BCUT2D eigenvalue weighted by molar-refractivity contribution is 6.01. The molecule has 1 saturated heterocycles. The summed E-state index contributed by atoms with van der Waals surface area (Å²) in [6, 6.07) is 12.0. The Hall–Kier alpha value is -2.89. The summed E-state index contributed by atoms with van der Waals surface area (Å²) < 4.78 is 4.83. The van der Waals surface area contributed by atoms with Crippen molar-refractivity contribution >= 4 is 28.6 Å². The fourth-order valence-corrected chi connectivity index (χ4v) is 3.66. The molecule has 2 amide bonds. The van der Waals surface area contributed by atoms with Crippen LogP contribution in [0.1, 0.15) is 37.0 Å². The van der Waals surface area contributed by atoms with Gasteiger partial charge in [0.2, 0.25) is 5.91 Å². The number of hydrogen-bond donors (Lipinski definition) is 1. The zero-order valence-corrected chi connectivity index (χ0v) is 16.5. The Morgan fingerprint density at radius 2 is 1.82 bits per heavy atom. The molecule has 0 aliphatic carbocycles. The summed E-state index contributed by atoms with van der Waals surface area (Å²) in [7, 11) is 1.32. The van der Waals surface area contributed by atoms with Crippen LogP contribution in [0.15, 0.2) is 42.5 Å². The van der Waals surface area contributed by atoms with E-state index in [1.54, 1.807) is 6.07 Å². The van der Waals surface area contributed by atoms with Gasteiger partial charge >= 0.3 is 5.97 Å². The van der Waals surface area contributed by atoms with Crippen LogP contribution < -0.4 is 5.32 Å². The molecule has 0 aromatic heterocycles. The first-order chi connectivity index (χ1) is 13.4. The van der Waals surface area contributed by atoms with Crippen molar-refractivity contribution in [3.8, 4) is 0 Å². The highest BCUT2D eigenvalue weighted by atomic mass is 16.5. The molecule has 2 aromatic carbocycles. The van der Waals surface area contributed by atoms with Gasteiger partial charge in [-0.2, -0.15) is 0 Å². The molecule has 28 heavy (non-hydrogen) atoms. The van der Waals surface area contributed by atoms with Gasteiger partial charge in [-0.3, -0.25) is 9.59 Å². The predicted octanol–water partition coefficient (Wildman–Crippen LogP) is 2.76. The van der Waals surface area contributed by atoms with Crippen LogP contribution in [0.4, 0.5) is 0 Å². The molecule has 1 aliphatic rings. The Labute approximate surface area is 164 Å². The number of likely N-dealkylation sites (tertiary alicyclic amines) is 1. The number of hydrogen-bond acceptors (Lipinski definition) is 4. The number of fused-ring (bicyclic) bond motifs is 1. The smallest absolute Gasteiger partial charge is 0.328 e. The standard InChI is InChI=1S/C22H26N2O4/c1-14(2)19(21(26)24-12-6-9-18(24)22(27)28-3)23-20(25)17-11-10-15-7-4-5-8-16(15)13-17/h4-5,7-8,10-11,13-14,18-19H,6,9,12H2,1-3H3,(H,23,25)/t18-,19-/m0/s1. The van der Waals surface area contributed by atoms with E-state index in [0.717, 1.165) is 17.2 Å². The number of benzene rings is 2. The molecule has 3 rings (SSSR count). The second kappa shape index (κ2) is 8.42. The number of rotatable bonds is 5. The van der Waals surface area contributed by atoms with Gasteiger partial charge < -0.3 is 15.0 Å². The van der Waals surface area contributed by atoms with Gasteiger partial charge in [-0.05, 0) is 41.7 Å². The number of nitrogens with zero attached hydrogens (tertiary/aromatic N) is 1. The fourth-order valence-electron chi connectivity index (χ4n) is 3.66. The second-order valence-electron chi connectivity index (χ2n) is 7.47. The highest BCUT2D eigenvalue weighted by Gasteiger charge is 2.39. The van der Waals surface area contributed by atoms with Gasteiger partial charge in [-0.25, -0.2) is 4.79 Å². The summed E-state index contributed by atoms with van der Waals surface area (Å²) >= 11 is 0. The molecule has 1 fully saturated rings. The summed E-state index contributed by atoms with van der Waals surface area (Å²) in [5.74, 6) is -1.06. The Morgan fingerprint density at radius 3 is 2.50 bits per heavy atom. The summed E-state index contributed by atoms with van der Waals surface area (Å²) in [5.41, 5.74) is 0.503. The van der Waals surface area contributed by atoms with Gasteiger partial charge in [0.15, 0.2) is 0 Å². The largest absolute Gasteiger partial charge is 0.467 e. The summed E-state index contributed by atoms with van der Waals surface area (Å²) in [4.78, 5) is 39.4. The van der Waals surface area contributed by atoms with E-state index in [2.05, 4.69) is 5.32 Å². The Kier molecular flexibility index (Phi) is 5.97. The normalized spacial score (nSPS) is 17.6. The zero-order chi connectivity index (χ0) is 20.3. The van der Waals surface area contributed by atoms with Crippen molar-refractivity contribution in [3.05, 3.63) is 48.0 Å². The van der Waals surface area contributed by atoms with Gasteiger partial charge in [0.1, 0.15) is 12.1 Å². The zero-order valence-electron chi connectivity index (χ0n) is 16.5. The maximum atomic E-state index is 13.1. The molecular formula is C22H26N2O4. The molecule has 1 N–H and O–H groups in total. The predicted molar refractivity (Wildman–Crippen MR) is 107 cm³/mol. The molecule has 6 nitrogen and oxygen atoms in total. The lowest BCUT2D eigenvalue weighted by Gasteiger charge is -2.30. The van der Waals surface area contributed by atoms with Gasteiger partial charge in [0, 0.05) is 12.1 Å². The molecule has 0 spiro atoms. The molecular weight excluding hydrogens is 356 g/mol. The van der Waals surface area contributed by atoms with Crippen LogP contribution in [0.5, 0.6) is 0 Å². The first kappa shape index (κ1) is 19.9. The number of nitrogens with one attached hydrogen (secondary N) is 1. The van der Waals surface area contributed by atoms with E-state index in [1.807, 2.05) is 50.2 Å². The van der Waals surface area contributed by atoms with E-state index in [4.69, 9.17) is 4.74 Å². The van der Waals surface area contributed by atoms with Crippen LogP contribution in [0.2, 0.25) is 0 Å². The van der Waals surface area contributed by atoms with Crippen molar-refractivity contribution < 1.29 is 19.1 Å². The average molecular weight is 382 g/mol. The van der Waals surface area contributed by atoms with Crippen LogP contribution in [0.25, 0.3) is 10.8 Å².